The van der Waals surface area contributed by atoms with Gasteiger partial charge >= 0.3 is 0 Å². The first-order valence-corrected chi connectivity index (χ1v) is 12.9. The van der Waals surface area contributed by atoms with Gasteiger partial charge in [0.05, 0.1) is 11.9 Å². The molecule has 2 aromatic rings. The van der Waals surface area contributed by atoms with E-state index >= 15 is 0 Å². The van der Waals surface area contributed by atoms with E-state index in [1.807, 2.05) is 56.3 Å². The molecule has 0 aliphatic rings. The summed E-state index contributed by atoms with van der Waals surface area (Å²) in [5.41, 5.74) is 2.81. The van der Waals surface area contributed by atoms with Crippen LogP contribution in [0.3, 0.4) is 0 Å². The minimum absolute atomic E-state index is 0.175. The zero-order chi connectivity index (χ0) is 24.1. The van der Waals surface area contributed by atoms with Gasteiger partial charge in [0.2, 0.25) is 21.8 Å². The molecule has 0 spiro atoms. The Morgan fingerprint density at radius 3 is 2.12 bits per heavy atom. The highest BCUT2D eigenvalue weighted by Gasteiger charge is 2.30. The molecule has 0 saturated carbocycles. The third-order valence-corrected chi connectivity index (χ3v) is 6.79. The van der Waals surface area contributed by atoms with Gasteiger partial charge in [0.1, 0.15) is 12.6 Å². The number of para-hydroxylation sites is 1. The maximum Gasteiger partial charge on any atom is 0.244 e. The van der Waals surface area contributed by atoms with Crippen molar-refractivity contribution in [1.82, 2.24) is 10.2 Å². The van der Waals surface area contributed by atoms with Crippen LogP contribution >= 0.6 is 15.9 Å². The van der Waals surface area contributed by atoms with E-state index in [1.165, 1.54) is 4.90 Å². The number of benzene rings is 2. The minimum atomic E-state index is -3.75. The number of aryl methyl sites for hydroxylation is 2. The molecule has 174 valence electrons. The average Bonchev–Trinajstić information content (AvgIpc) is 2.71. The first-order valence-electron chi connectivity index (χ1n) is 10.3. The van der Waals surface area contributed by atoms with Gasteiger partial charge in [0.25, 0.3) is 0 Å². The lowest BCUT2D eigenvalue weighted by Crippen LogP contribution is -2.51. The van der Waals surface area contributed by atoms with E-state index < -0.39 is 28.5 Å². The summed E-state index contributed by atoms with van der Waals surface area (Å²) in [6.07, 6.45) is 1.08. The van der Waals surface area contributed by atoms with Gasteiger partial charge in [-0.25, -0.2) is 8.42 Å². The second kappa shape index (κ2) is 11.0. The van der Waals surface area contributed by atoms with Gasteiger partial charge in [-0.05, 0) is 56.5 Å². The monoisotopic (exact) mass is 523 g/mol. The van der Waals surface area contributed by atoms with Crippen LogP contribution in [0.5, 0.6) is 0 Å². The van der Waals surface area contributed by atoms with Crippen LogP contribution in [0.2, 0.25) is 0 Å². The van der Waals surface area contributed by atoms with E-state index in [1.54, 1.807) is 13.8 Å². The fourth-order valence-electron chi connectivity index (χ4n) is 3.47. The summed E-state index contributed by atoms with van der Waals surface area (Å²) in [7, 11) is -3.75. The third kappa shape index (κ3) is 6.56. The molecule has 0 bridgehead atoms. The highest BCUT2D eigenvalue weighted by molar-refractivity contribution is 9.10. The van der Waals surface area contributed by atoms with Crippen LogP contribution in [0.1, 0.15) is 30.5 Å². The molecule has 9 heteroatoms. The number of nitrogens with zero attached hydrogens (tertiary/aromatic N) is 2. The number of amides is 2. The van der Waals surface area contributed by atoms with E-state index in [2.05, 4.69) is 21.2 Å². The average molecular weight is 524 g/mol. The van der Waals surface area contributed by atoms with Gasteiger partial charge in [-0.2, -0.15) is 0 Å². The molecule has 0 aromatic heterocycles. The van der Waals surface area contributed by atoms with E-state index in [0.29, 0.717) is 12.2 Å². The summed E-state index contributed by atoms with van der Waals surface area (Å²) in [4.78, 5) is 27.4. The molecular weight excluding hydrogens is 494 g/mol. The van der Waals surface area contributed by atoms with Crippen molar-refractivity contribution in [3.8, 4) is 0 Å². The standard InChI is InChI=1S/C23H30BrN3O4S/c1-6-25-23(29)18(4)26(14-19-10-12-20(24)13-11-19)21(28)15-27(32(5,30)31)22-16(2)8-7-9-17(22)3/h7-13,18H,6,14-15H2,1-5H3,(H,25,29)/t18-/m1/s1. The van der Waals surface area contributed by atoms with Gasteiger partial charge in [-0.3, -0.25) is 13.9 Å². The maximum atomic E-state index is 13.4. The quantitative estimate of drug-likeness (QED) is 0.545. The Morgan fingerprint density at radius 2 is 1.62 bits per heavy atom. The summed E-state index contributed by atoms with van der Waals surface area (Å²) in [6.45, 7) is 7.27. The Balaban J connectivity index is 2.43. The fourth-order valence-corrected chi connectivity index (χ4v) is 4.69. The normalized spacial score (nSPS) is 12.2. The lowest BCUT2D eigenvalue weighted by molar-refractivity contribution is -0.139. The van der Waals surface area contributed by atoms with Crippen molar-refractivity contribution in [3.05, 3.63) is 63.6 Å². The van der Waals surface area contributed by atoms with E-state index in [-0.39, 0.29) is 12.5 Å². The molecule has 0 saturated heterocycles. The highest BCUT2D eigenvalue weighted by Crippen LogP contribution is 2.27. The first kappa shape index (κ1) is 25.9. The molecule has 0 heterocycles. The van der Waals surface area contributed by atoms with Crippen molar-refractivity contribution in [2.45, 2.75) is 40.3 Å². The van der Waals surface area contributed by atoms with Crippen molar-refractivity contribution in [3.63, 3.8) is 0 Å². The van der Waals surface area contributed by atoms with Crippen molar-refractivity contribution in [2.75, 3.05) is 23.7 Å². The highest BCUT2D eigenvalue weighted by atomic mass is 79.9. The smallest absolute Gasteiger partial charge is 0.244 e. The van der Waals surface area contributed by atoms with Crippen LogP contribution in [-0.4, -0.2) is 50.5 Å². The minimum Gasteiger partial charge on any atom is -0.355 e. The lowest BCUT2D eigenvalue weighted by Gasteiger charge is -2.32. The molecule has 7 nitrogen and oxygen atoms in total. The molecule has 1 atom stereocenters. The van der Waals surface area contributed by atoms with Crippen molar-refractivity contribution >= 4 is 43.5 Å². The van der Waals surface area contributed by atoms with Crippen molar-refractivity contribution in [1.29, 1.82) is 0 Å². The number of carbonyl (C=O) groups is 2. The fraction of sp³-hybridized carbons (Fsp3) is 0.391. The number of likely N-dealkylation sites (N-methyl/N-ethyl adjacent to an activating group) is 1. The Labute approximate surface area is 199 Å². The molecule has 2 rings (SSSR count). The largest absolute Gasteiger partial charge is 0.355 e. The van der Waals surface area contributed by atoms with E-state index in [9.17, 15) is 18.0 Å². The van der Waals surface area contributed by atoms with Crippen LogP contribution in [0.4, 0.5) is 5.69 Å². The van der Waals surface area contributed by atoms with Gasteiger partial charge in [0.15, 0.2) is 0 Å². The predicted octanol–water partition coefficient (Wildman–Crippen LogP) is 3.39. The molecule has 32 heavy (non-hydrogen) atoms. The Bertz CT molecular complexity index is 1050. The predicted molar refractivity (Wildman–Crippen MR) is 131 cm³/mol. The third-order valence-electron chi connectivity index (χ3n) is 5.15. The van der Waals surface area contributed by atoms with Crippen LogP contribution in [-0.2, 0) is 26.2 Å². The van der Waals surface area contributed by atoms with E-state index in [0.717, 1.165) is 31.7 Å². The molecule has 0 radical (unpaired) electrons. The summed E-state index contributed by atoms with van der Waals surface area (Å²) >= 11 is 3.39. The topological polar surface area (TPSA) is 86.8 Å². The number of nitrogens with one attached hydrogen (secondary N) is 1. The summed E-state index contributed by atoms with van der Waals surface area (Å²) in [6, 6.07) is 12.1. The summed E-state index contributed by atoms with van der Waals surface area (Å²) < 4.78 is 27.4. The van der Waals surface area contributed by atoms with Crippen LogP contribution in [0, 0.1) is 13.8 Å². The molecule has 0 fully saturated rings. The lowest BCUT2D eigenvalue weighted by atomic mass is 10.1. The molecule has 2 aromatic carbocycles. The molecule has 0 aliphatic heterocycles. The van der Waals surface area contributed by atoms with Gasteiger partial charge in [0, 0.05) is 17.6 Å². The molecule has 0 unspecified atom stereocenters. The summed E-state index contributed by atoms with van der Waals surface area (Å²) in [5, 5.41) is 2.74. The number of anilines is 1. The van der Waals surface area contributed by atoms with Crippen molar-refractivity contribution in [2.24, 2.45) is 0 Å². The maximum absolute atomic E-state index is 13.4. The molecule has 0 aliphatic carbocycles. The Hall–Kier alpha value is -2.39. The summed E-state index contributed by atoms with van der Waals surface area (Å²) in [5.74, 6) is -0.754. The van der Waals surface area contributed by atoms with Gasteiger partial charge < -0.3 is 10.2 Å². The Morgan fingerprint density at radius 1 is 1.06 bits per heavy atom. The number of rotatable bonds is 9. The SMILES string of the molecule is CCNC(=O)[C@@H](C)N(Cc1ccc(Br)cc1)C(=O)CN(c1c(C)cccc1C)S(C)(=O)=O. The molecular formula is C23H30BrN3O4S. The second-order valence-corrected chi connectivity index (χ2v) is 10.6. The number of sulfonamides is 1. The Kier molecular flexibility index (Phi) is 8.86. The number of hydrogen-bond donors (Lipinski definition) is 1. The van der Waals surface area contributed by atoms with Crippen LogP contribution in [0.15, 0.2) is 46.9 Å². The first-order chi connectivity index (χ1) is 15.0. The van der Waals surface area contributed by atoms with Gasteiger partial charge in [-0.1, -0.05) is 46.3 Å². The molecule has 1 N–H and O–H groups in total. The number of carbonyl (C=O) groups excluding carboxylic acids is 2. The van der Waals surface area contributed by atoms with Crippen molar-refractivity contribution < 1.29 is 18.0 Å². The number of hydrogen-bond acceptors (Lipinski definition) is 4. The van der Waals surface area contributed by atoms with Gasteiger partial charge in [-0.15, -0.1) is 0 Å². The number of halogens is 1. The zero-order valence-corrected chi connectivity index (χ0v) is 21.5. The molecule has 2 amide bonds. The van der Waals surface area contributed by atoms with Crippen LogP contribution in [0.25, 0.3) is 0 Å². The zero-order valence-electron chi connectivity index (χ0n) is 19.1. The van der Waals surface area contributed by atoms with E-state index in [4.69, 9.17) is 0 Å². The van der Waals surface area contributed by atoms with Crippen LogP contribution < -0.4 is 9.62 Å². The second-order valence-electron chi connectivity index (χ2n) is 7.73.